The lowest BCUT2D eigenvalue weighted by atomic mass is 10.1. The van der Waals surface area contributed by atoms with Crippen LogP contribution in [0.15, 0.2) is 47.4 Å². The van der Waals surface area contributed by atoms with Crippen molar-refractivity contribution < 1.29 is 9.59 Å². The average Bonchev–Trinajstić information content (AvgIpc) is 3.13. The van der Waals surface area contributed by atoms with E-state index in [1.165, 1.54) is 24.5 Å². The topological polar surface area (TPSA) is 92.0 Å². The lowest BCUT2D eigenvalue weighted by Crippen LogP contribution is -2.22. The Labute approximate surface area is 159 Å². The van der Waals surface area contributed by atoms with Crippen molar-refractivity contribution in [3.63, 3.8) is 0 Å². The van der Waals surface area contributed by atoms with Gasteiger partial charge in [-0.2, -0.15) is 5.26 Å². The highest BCUT2D eigenvalue weighted by Crippen LogP contribution is 2.19. The third kappa shape index (κ3) is 4.13. The molecule has 136 valence electrons. The van der Waals surface area contributed by atoms with E-state index < -0.39 is 0 Å². The number of para-hydroxylation sites is 1. The van der Waals surface area contributed by atoms with E-state index in [1.807, 2.05) is 12.1 Å². The number of pyridine rings is 1. The number of Topliss-reactive ketones (excluding diaryl/α,β-unsaturated/α-hetero) is 1. The van der Waals surface area contributed by atoms with E-state index in [9.17, 15) is 19.6 Å². The zero-order chi connectivity index (χ0) is 19.4. The smallest absolute Gasteiger partial charge is 0.216 e. The molecule has 7 heteroatoms. The number of nitrogens with one attached hydrogen (secondary N) is 1. The van der Waals surface area contributed by atoms with Crippen LogP contribution in [0.4, 0.5) is 0 Å². The Morgan fingerprint density at radius 1 is 1.22 bits per heavy atom. The highest BCUT2D eigenvalue weighted by Gasteiger charge is 2.14. The number of fused-ring (bicyclic) bond motifs is 1. The van der Waals surface area contributed by atoms with Crippen LogP contribution in [0.1, 0.15) is 27.0 Å². The van der Waals surface area contributed by atoms with Gasteiger partial charge in [-0.15, -0.1) is 11.3 Å². The fourth-order valence-corrected chi connectivity index (χ4v) is 3.75. The van der Waals surface area contributed by atoms with Crippen molar-refractivity contribution in [1.29, 1.82) is 5.26 Å². The summed E-state index contributed by atoms with van der Waals surface area (Å²) in [7, 11) is 0. The van der Waals surface area contributed by atoms with Crippen molar-refractivity contribution in [1.82, 2.24) is 9.88 Å². The number of carbonyl (C=O) groups excluding carboxylic acids is 2. The van der Waals surface area contributed by atoms with E-state index in [4.69, 9.17) is 0 Å². The van der Waals surface area contributed by atoms with Gasteiger partial charge in [0, 0.05) is 29.9 Å². The highest BCUT2D eigenvalue weighted by molar-refractivity contribution is 7.14. The lowest BCUT2D eigenvalue weighted by molar-refractivity contribution is -0.118. The predicted molar refractivity (Wildman–Crippen MR) is 104 cm³/mol. The number of nitriles is 1. The number of amides is 1. The summed E-state index contributed by atoms with van der Waals surface area (Å²) in [5.74, 6) is -0.176. The van der Waals surface area contributed by atoms with Gasteiger partial charge in [0.25, 0.3) is 0 Å². The zero-order valence-electron chi connectivity index (χ0n) is 14.7. The van der Waals surface area contributed by atoms with Crippen LogP contribution >= 0.6 is 11.3 Å². The quantitative estimate of drug-likeness (QED) is 0.666. The van der Waals surface area contributed by atoms with Crippen LogP contribution in [0.25, 0.3) is 10.9 Å². The molecule has 1 amide bonds. The van der Waals surface area contributed by atoms with Gasteiger partial charge < -0.3 is 9.88 Å². The Bertz CT molecular complexity index is 1120. The number of nitrogens with zero attached hydrogens (tertiary/aromatic N) is 2. The third-order valence-corrected chi connectivity index (χ3v) is 5.29. The second kappa shape index (κ2) is 7.98. The number of hydrogen-bond donors (Lipinski definition) is 1. The molecule has 6 nitrogen and oxygen atoms in total. The molecular weight excluding hydrogens is 362 g/mol. The van der Waals surface area contributed by atoms with E-state index in [0.29, 0.717) is 28.7 Å². The van der Waals surface area contributed by atoms with Crippen molar-refractivity contribution in [3.05, 3.63) is 68.1 Å². The van der Waals surface area contributed by atoms with Gasteiger partial charge in [-0.25, -0.2) is 0 Å². The molecule has 0 radical (unpaired) electrons. The molecule has 0 bridgehead atoms. The molecule has 0 aliphatic rings. The highest BCUT2D eigenvalue weighted by atomic mass is 32.1. The van der Waals surface area contributed by atoms with E-state index in [2.05, 4.69) is 5.32 Å². The van der Waals surface area contributed by atoms with Crippen LogP contribution in [-0.4, -0.2) is 22.8 Å². The first-order valence-corrected chi connectivity index (χ1v) is 9.20. The Morgan fingerprint density at radius 3 is 2.74 bits per heavy atom. The number of carbonyl (C=O) groups is 2. The second-order valence-electron chi connectivity index (χ2n) is 6.05. The van der Waals surface area contributed by atoms with Crippen LogP contribution < -0.4 is 10.7 Å². The number of ketones is 1. The van der Waals surface area contributed by atoms with Gasteiger partial charge in [0.1, 0.15) is 11.6 Å². The van der Waals surface area contributed by atoms with Crippen LogP contribution in [-0.2, 0) is 17.8 Å². The molecule has 3 rings (SSSR count). The fraction of sp³-hybridized carbons (Fsp3) is 0.200. The maximum atomic E-state index is 12.7. The third-order valence-electron chi connectivity index (χ3n) is 4.10. The molecule has 0 atom stereocenters. The zero-order valence-corrected chi connectivity index (χ0v) is 15.5. The Hall–Kier alpha value is -3.24. The van der Waals surface area contributed by atoms with Crippen molar-refractivity contribution >= 4 is 33.9 Å². The second-order valence-corrected chi connectivity index (χ2v) is 7.22. The molecule has 2 aromatic heterocycles. The molecule has 0 spiro atoms. The summed E-state index contributed by atoms with van der Waals surface area (Å²) in [6, 6.07) is 12.5. The molecule has 0 saturated carbocycles. The average molecular weight is 379 g/mol. The maximum Gasteiger partial charge on any atom is 0.216 e. The van der Waals surface area contributed by atoms with Crippen molar-refractivity contribution in [2.75, 3.05) is 6.54 Å². The molecule has 27 heavy (non-hydrogen) atoms. The molecule has 0 fully saturated rings. The summed E-state index contributed by atoms with van der Waals surface area (Å²) >= 11 is 1.39. The van der Waals surface area contributed by atoms with Crippen LogP contribution in [0.5, 0.6) is 0 Å². The number of aromatic nitrogens is 1. The lowest BCUT2D eigenvalue weighted by Gasteiger charge is -2.10. The first kappa shape index (κ1) is 18.5. The number of thiophene rings is 1. The van der Waals surface area contributed by atoms with Gasteiger partial charge in [0.05, 0.1) is 16.9 Å². The van der Waals surface area contributed by atoms with Gasteiger partial charge >= 0.3 is 0 Å². The van der Waals surface area contributed by atoms with E-state index in [-0.39, 0.29) is 29.2 Å². The minimum Gasteiger partial charge on any atom is -0.356 e. The number of rotatable bonds is 6. The molecule has 1 aromatic carbocycles. The van der Waals surface area contributed by atoms with Crippen molar-refractivity contribution in [3.8, 4) is 6.07 Å². The Balaban J connectivity index is 1.84. The summed E-state index contributed by atoms with van der Waals surface area (Å²) < 4.78 is 1.65. The van der Waals surface area contributed by atoms with E-state index >= 15 is 0 Å². The van der Waals surface area contributed by atoms with Gasteiger partial charge in [-0.3, -0.25) is 14.4 Å². The van der Waals surface area contributed by atoms with Crippen molar-refractivity contribution in [2.45, 2.75) is 19.9 Å². The first-order chi connectivity index (χ1) is 13.0. The fourth-order valence-electron chi connectivity index (χ4n) is 2.81. The maximum absolute atomic E-state index is 12.7. The van der Waals surface area contributed by atoms with Crippen LogP contribution in [0.3, 0.4) is 0 Å². The van der Waals surface area contributed by atoms with Gasteiger partial charge in [-0.1, -0.05) is 12.1 Å². The standard InChI is InChI=1S/C20H17N3O3S/c1-13(24)22-9-8-15-6-7-19(27-15)18(25)12-23-11-14(10-21)20(26)16-4-2-3-5-17(16)23/h2-7,11H,8-9,12H2,1H3,(H,22,24). The molecular formula is C20H17N3O3S. The summed E-state index contributed by atoms with van der Waals surface area (Å²) in [5, 5.41) is 12.4. The minimum absolute atomic E-state index is 0.0173. The minimum atomic E-state index is -0.326. The SMILES string of the molecule is CC(=O)NCCc1ccc(C(=O)Cn2cc(C#N)c(=O)c3ccccc32)s1. The summed E-state index contributed by atoms with van der Waals surface area (Å²) in [6.07, 6.45) is 2.10. The number of benzene rings is 1. The first-order valence-electron chi connectivity index (χ1n) is 8.38. The van der Waals surface area contributed by atoms with Gasteiger partial charge in [0.15, 0.2) is 5.78 Å². The molecule has 0 aliphatic carbocycles. The van der Waals surface area contributed by atoms with Crippen LogP contribution in [0.2, 0.25) is 0 Å². The monoisotopic (exact) mass is 379 g/mol. The van der Waals surface area contributed by atoms with Gasteiger partial charge in [0.2, 0.25) is 11.3 Å². The van der Waals surface area contributed by atoms with E-state index in [0.717, 1.165) is 4.88 Å². The van der Waals surface area contributed by atoms with Gasteiger partial charge in [-0.05, 0) is 30.7 Å². The normalized spacial score (nSPS) is 10.5. The molecule has 0 unspecified atom stereocenters. The Morgan fingerprint density at radius 2 is 2.00 bits per heavy atom. The molecule has 0 aliphatic heterocycles. The molecule has 0 saturated heterocycles. The Kier molecular flexibility index (Phi) is 5.48. The summed E-state index contributed by atoms with van der Waals surface area (Å²) in [6.45, 7) is 2.04. The number of hydrogen-bond acceptors (Lipinski definition) is 5. The summed E-state index contributed by atoms with van der Waals surface area (Å²) in [5.41, 5.74) is 0.314. The molecule has 3 aromatic rings. The largest absolute Gasteiger partial charge is 0.356 e. The van der Waals surface area contributed by atoms with Crippen LogP contribution in [0, 0.1) is 11.3 Å². The van der Waals surface area contributed by atoms with Crippen molar-refractivity contribution in [2.24, 2.45) is 0 Å². The molecule has 1 N–H and O–H groups in total. The molecule has 2 heterocycles. The summed E-state index contributed by atoms with van der Waals surface area (Å²) in [4.78, 5) is 37.5. The predicted octanol–water partition coefficient (Wildman–Crippen LogP) is 2.50. The van der Waals surface area contributed by atoms with E-state index in [1.54, 1.807) is 34.9 Å².